The highest BCUT2D eigenvalue weighted by atomic mass is 16.2. The lowest BCUT2D eigenvalue weighted by Crippen LogP contribution is -2.28. The third-order valence-electron chi connectivity index (χ3n) is 3.89. The fourth-order valence-corrected chi connectivity index (χ4v) is 2.63. The Morgan fingerprint density at radius 1 is 1.10 bits per heavy atom. The summed E-state index contributed by atoms with van der Waals surface area (Å²) in [5.41, 5.74) is 2.58. The van der Waals surface area contributed by atoms with Crippen molar-refractivity contribution >= 4 is 17.3 Å². The number of hydrogen-bond donors (Lipinski definition) is 0. The van der Waals surface area contributed by atoms with Gasteiger partial charge in [0.05, 0.1) is 0 Å². The monoisotopic (exact) mass is 281 g/mol. The Balaban J connectivity index is 1.84. The van der Waals surface area contributed by atoms with Crippen molar-refractivity contribution in [3.63, 3.8) is 0 Å². The van der Waals surface area contributed by atoms with Crippen molar-refractivity contribution in [1.29, 1.82) is 0 Å². The molecule has 0 atom stereocenters. The van der Waals surface area contributed by atoms with Gasteiger partial charge in [-0.2, -0.15) is 0 Å². The first-order chi connectivity index (χ1) is 10.3. The standard InChI is InChI=1S/C17H19N3O/c1-19(14-7-3-2-4-8-14)15-9-10-18-16(13-15)17(21)20-11-5-6-12-20/h2-4,7-10,13H,5-6,11-12H2,1H3. The molecule has 1 aromatic heterocycles. The van der Waals surface area contributed by atoms with Crippen LogP contribution in [0.4, 0.5) is 11.4 Å². The molecule has 4 heteroatoms. The second-order valence-corrected chi connectivity index (χ2v) is 5.29. The van der Waals surface area contributed by atoms with Crippen LogP contribution in [-0.2, 0) is 0 Å². The number of rotatable bonds is 3. The molecule has 1 aliphatic rings. The molecular weight excluding hydrogens is 262 g/mol. The van der Waals surface area contributed by atoms with Gasteiger partial charge in [0.25, 0.3) is 5.91 Å². The first kappa shape index (κ1) is 13.6. The van der Waals surface area contributed by atoms with Gasteiger partial charge in [0.1, 0.15) is 5.69 Å². The summed E-state index contributed by atoms with van der Waals surface area (Å²) in [4.78, 5) is 20.6. The van der Waals surface area contributed by atoms with Crippen molar-refractivity contribution in [3.8, 4) is 0 Å². The van der Waals surface area contributed by atoms with E-state index < -0.39 is 0 Å². The highest BCUT2D eigenvalue weighted by Crippen LogP contribution is 2.23. The van der Waals surface area contributed by atoms with Gasteiger partial charge < -0.3 is 9.80 Å². The van der Waals surface area contributed by atoms with Gasteiger partial charge in [-0.05, 0) is 37.1 Å². The third kappa shape index (κ3) is 2.89. The van der Waals surface area contributed by atoms with Crippen molar-refractivity contribution in [3.05, 3.63) is 54.4 Å². The van der Waals surface area contributed by atoms with E-state index in [1.807, 2.05) is 54.4 Å². The quantitative estimate of drug-likeness (QED) is 0.867. The van der Waals surface area contributed by atoms with Crippen LogP contribution in [0.5, 0.6) is 0 Å². The lowest BCUT2D eigenvalue weighted by Gasteiger charge is -2.20. The molecule has 21 heavy (non-hydrogen) atoms. The molecule has 0 unspecified atom stereocenters. The number of para-hydroxylation sites is 1. The topological polar surface area (TPSA) is 36.4 Å². The van der Waals surface area contributed by atoms with E-state index in [2.05, 4.69) is 9.88 Å². The second kappa shape index (κ2) is 5.95. The summed E-state index contributed by atoms with van der Waals surface area (Å²) >= 11 is 0. The molecule has 108 valence electrons. The van der Waals surface area contributed by atoms with Crippen molar-refractivity contribution in [1.82, 2.24) is 9.88 Å². The van der Waals surface area contributed by atoms with Crippen LogP contribution in [0.3, 0.4) is 0 Å². The average Bonchev–Trinajstić information content (AvgIpc) is 3.09. The molecule has 1 amide bonds. The van der Waals surface area contributed by atoms with Crippen LogP contribution >= 0.6 is 0 Å². The molecule has 4 nitrogen and oxygen atoms in total. The maximum absolute atomic E-state index is 12.4. The van der Waals surface area contributed by atoms with Crippen LogP contribution in [0.2, 0.25) is 0 Å². The molecule has 0 N–H and O–H groups in total. The van der Waals surface area contributed by atoms with Crippen molar-refractivity contribution < 1.29 is 4.79 Å². The number of aromatic nitrogens is 1. The van der Waals surface area contributed by atoms with E-state index in [9.17, 15) is 4.79 Å². The number of carbonyl (C=O) groups is 1. The van der Waals surface area contributed by atoms with Gasteiger partial charge in [0.15, 0.2) is 0 Å². The number of likely N-dealkylation sites (tertiary alicyclic amines) is 1. The molecule has 0 aliphatic carbocycles. The van der Waals surface area contributed by atoms with Gasteiger partial charge in [-0.15, -0.1) is 0 Å². The lowest BCUT2D eigenvalue weighted by molar-refractivity contribution is 0.0787. The molecule has 1 fully saturated rings. The minimum Gasteiger partial charge on any atom is -0.345 e. The molecule has 0 bridgehead atoms. The van der Waals surface area contributed by atoms with Gasteiger partial charge in [-0.1, -0.05) is 18.2 Å². The lowest BCUT2D eigenvalue weighted by atomic mass is 10.2. The molecule has 2 heterocycles. The summed E-state index contributed by atoms with van der Waals surface area (Å²) in [6.45, 7) is 1.69. The maximum atomic E-state index is 12.4. The largest absolute Gasteiger partial charge is 0.345 e. The molecule has 0 spiro atoms. The van der Waals surface area contributed by atoms with E-state index in [1.54, 1.807) is 6.20 Å². The van der Waals surface area contributed by atoms with Gasteiger partial charge in [-0.25, -0.2) is 0 Å². The Labute approximate surface area is 125 Å². The minimum atomic E-state index is 0.0378. The highest BCUT2D eigenvalue weighted by Gasteiger charge is 2.21. The van der Waals surface area contributed by atoms with Gasteiger partial charge >= 0.3 is 0 Å². The molecule has 2 aromatic rings. The minimum absolute atomic E-state index is 0.0378. The number of benzene rings is 1. The Hall–Kier alpha value is -2.36. The van der Waals surface area contributed by atoms with Crippen LogP contribution in [-0.4, -0.2) is 35.9 Å². The number of nitrogens with zero attached hydrogens (tertiary/aromatic N) is 3. The summed E-state index contributed by atoms with van der Waals surface area (Å²) in [6.07, 6.45) is 3.89. The molecule has 1 aliphatic heterocycles. The van der Waals surface area contributed by atoms with E-state index in [-0.39, 0.29) is 5.91 Å². The molecule has 1 aromatic carbocycles. The summed E-state index contributed by atoms with van der Waals surface area (Å²) < 4.78 is 0. The fraction of sp³-hybridized carbons (Fsp3) is 0.294. The molecular formula is C17H19N3O. The number of anilines is 2. The maximum Gasteiger partial charge on any atom is 0.272 e. The van der Waals surface area contributed by atoms with Crippen LogP contribution in [0.15, 0.2) is 48.7 Å². The van der Waals surface area contributed by atoms with Crippen LogP contribution < -0.4 is 4.90 Å². The van der Waals surface area contributed by atoms with Gasteiger partial charge in [0, 0.05) is 37.7 Å². The third-order valence-corrected chi connectivity index (χ3v) is 3.89. The van der Waals surface area contributed by atoms with Crippen LogP contribution in [0, 0.1) is 0 Å². The average molecular weight is 281 g/mol. The Bertz CT molecular complexity index is 621. The van der Waals surface area contributed by atoms with Gasteiger partial charge in [-0.3, -0.25) is 9.78 Å². The smallest absolute Gasteiger partial charge is 0.272 e. The first-order valence-corrected chi connectivity index (χ1v) is 7.30. The van der Waals surface area contributed by atoms with E-state index in [1.165, 1.54) is 0 Å². The molecule has 3 rings (SSSR count). The summed E-state index contributed by atoms with van der Waals surface area (Å²) in [7, 11) is 1.99. The van der Waals surface area contributed by atoms with E-state index >= 15 is 0 Å². The Kier molecular flexibility index (Phi) is 3.86. The van der Waals surface area contributed by atoms with Crippen LogP contribution in [0.25, 0.3) is 0 Å². The Morgan fingerprint density at radius 3 is 2.52 bits per heavy atom. The molecule has 0 radical (unpaired) electrons. The summed E-state index contributed by atoms with van der Waals surface area (Å²) in [6, 6.07) is 13.9. The number of pyridine rings is 1. The van der Waals surface area contributed by atoms with Gasteiger partial charge in [0.2, 0.25) is 0 Å². The summed E-state index contributed by atoms with van der Waals surface area (Å²) in [5.74, 6) is 0.0378. The SMILES string of the molecule is CN(c1ccccc1)c1ccnc(C(=O)N2CCCC2)c1. The number of hydrogen-bond acceptors (Lipinski definition) is 3. The summed E-state index contributed by atoms with van der Waals surface area (Å²) in [5, 5.41) is 0. The predicted octanol–water partition coefficient (Wildman–Crippen LogP) is 3.09. The second-order valence-electron chi connectivity index (χ2n) is 5.29. The Morgan fingerprint density at radius 2 is 1.81 bits per heavy atom. The zero-order valence-corrected chi connectivity index (χ0v) is 12.2. The van der Waals surface area contributed by atoms with Crippen molar-refractivity contribution in [2.24, 2.45) is 0 Å². The molecule has 1 saturated heterocycles. The normalized spacial score (nSPS) is 14.2. The van der Waals surface area contributed by atoms with Crippen molar-refractivity contribution in [2.45, 2.75) is 12.8 Å². The van der Waals surface area contributed by atoms with Crippen molar-refractivity contribution in [2.75, 3.05) is 25.0 Å². The van der Waals surface area contributed by atoms with E-state index in [0.29, 0.717) is 5.69 Å². The molecule has 0 saturated carbocycles. The van der Waals surface area contributed by atoms with Crippen LogP contribution in [0.1, 0.15) is 23.3 Å². The predicted molar refractivity (Wildman–Crippen MR) is 83.9 cm³/mol. The van der Waals surface area contributed by atoms with E-state index in [4.69, 9.17) is 0 Å². The fourth-order valence-electron chi connectivity index (χ4n) is 2.63. The number of carbonyl (C=O) groups excluding carboxylic acids is 1. The van der Waals surface area contributed by atoms with E-state index in [0.717, 1.165) is 37.3 Å². The zero-order valence-electron chi connectivity index (χ0n) is 12.2. The zero-order chi connectivity index (χ0) is 14.7. The first-order valence-electron chi connectivity index (χ1n) is 7.30. The number of amides is 1. The highest BCUT2D eigenvalue weighted by molar-refractivity contribution is 5.93.